The lowest BCUT2D eigenvalue weighted by molar-refractivity contribution is -0.162. The van der Waals surface area contributed by atoms with E-state index in [0.717, 1.165) is 0 Å². The smallest absolute Gasteiger partial charge is 0.335 e. The number of amides is 1. The van der Waals surface area contributed by atoms with Gasteiger partial charge in [0, 0.05) is 31.5 Å². The van der Waals surface area contributed by atoms with Gasteiger partial charge in [0.05, 0.1) is 14.2 Å². The molecule has 2 rings (SSSR count). The Labute approximate surface area is 141 Å². The van der Waals surface area contributed by atoms with Crippen LogP contribution < -0.4 is 9.47 Å². The van der Waals surface area contributed by atoms with E-state index in [-0.39, 0.29) is 31.8 Å². The quantitative estimate of drug-likeness (QED) is 0.812. The number of methoxy groups -OCH3 is 2. The van der Waals surface area contributed by atoms with Crippen LogP contribution in [-0.2, 0) is 4.79 Å². The minimum atomic E-state index is -1.76. The van der Waals surface area contributed by atoms with E-state index in [0.29, 0.717) is 21.5 Å². The number of likely N-dealkylation sites (tertiary alicyclic amines) is 1. The average molecular weight is 388 g/mol. The number of carboxylic acid groups (broad SMARTS) is 1. The summed E-state index contributed by atoms with van der Waals surface area (Å²) in [6.45, 7) is 0.338. The van der Waals surface area contributed by atoms with Crippen LogP contribution in [0.5, 0.6) is 11.5 Å². The molecule has 0 saturated carbocycles. The molecule has 2 N–H and O–H groups in total. The van der Waals surface area contributed by atoms with E-state index in [1.54, 1.807) is 12.1 Å². The van der Waals surface area contributed by atoms with Gasteiger partial charge in [-0.2, -0.15) is 0 Å². The molecule has 1 heterocycles. The number of piperidine rings is 1. The Morgan fingerprint density at radius 2 is 1.65 bits per heavy atom. The number of halogens is 1. The van der Waals surface area contributed by atoms with Crippen LogP contribution in [0.15, 0.2) is 16.6 Å². The maximum absolute atomic E-state index is 12.6. The zero-order chi connectivity index (χ0) is 17.2. The van der Waals surface area contributed by atoms with Crippen LogP contribution in [-0.4, -0.2) is 59.9 Å². The van der Waals surface area contributed by atoms with Crippen LogP contribution in [0.25, 0.3) is 0 Å². The molecule has 126 valence electrons. The summed E-state index contributed by atoms with van der Waals surface area (Å²) in [5.74, 6) is -0.586. The lowest BCUT2D eigenvalue weighted by Gasteiger charge is -2.35. The van der Waals surface area contributed by atoms with Gasteiger partial charge in [0.1, 0.15) is 16.0 Å². The fourth-order valence-corrected chi connectivity index (χ4v) is 3.02. The van der Waals surface area contributed by atoms with Crippen molar-refractivity contribution in [1.82, 2.24) is 4.90 Å². The molecule has 0 radical (unpaired) electrons. The Bertz CT molecular complexity index is 599. The first-order valence-electron chi connectivity index (χ1n) is 6.99. The molecule has 1 amide bonds. The predicted octanol–water partition coefficient (Wildman–Crippen LogP) is 1.52. The van der Waals surface area contributed by atoms with Gasteiger partial charge in [-0.25, -0.2) is 4.79 Å². The Kier molecular flexibility index (Phi) is 5.16. The van der Waals surface area contributed by atoms with Gasteiger partial charge in [-0.1, -0.05) is 0 Å². The van der Waals surface area contributed by atoms with Gasteiger partial charge >= 0.3 is 5.97 Å². The van der Waals surface area contributed by atoms with Crippen molar-refractivity contribution in [3.8, 4) is 11.5 Å². The molecule has 1 aromatic carbocycles. The molecule has 0 unspecified atom stereocenters. The van der Waals surface area contributed by atoms with E-state index in [1.165, 1.54) is 19.1 Å². The van der Waals surface area contributed by atoms with Gasteiger partial charge in [0.2, 0.25) is 0 Å². The third-order valence-corrected chi connectivity index (χ3v) is 4.75. The van der Waals surface area contributed by atoms with E-state index in [9.17, 15) is 14.7 Å². The lowest BCUT2D eigenvalue weighted by atomic mass is 9.91. The van der Waals surface area contributed by atoms with Crippen LogP contribution in [0, 0.1) is 0 Å². The molecule has 1 saturated heterocycles. The van der Waals surface area contributed by atoms with Crippen LogP contribution in [0.2, 0.25) is 0 Å². The summed E-state index contributed by atoms with van der Waals surface area (Å²) < 4.78 is 11.0. The summed E-state index contributed by atoms with van der Waals surface area (Å²) in [4.78, 5) is 25.1. The molecular formula is C15H18BrNO6. The number of hydrogen-bond acceptors (Lipinski definition) is 5. The summed E-state index contributed by atoms with van der Waals surface area (Å²) in [6.07, 6.45) is -0.00224. The third kappa shape index (κ3) is 3.42. The van der Waals surface area contributed by atoms with E-state index in [4.69, 9.17) is 14.6 Å². The highest BCUT2D eigenvalue weighted by Crippen LogP contribution is 2.36. The van der Waals surface area contributed by atoms with Crippen LogP contribution >= 0.6 is 15.9 Å². The number of hydrogen-bond donors (Lipinski definition) is 2. The molecule has 0 aromatic heterocycles. The fourth-order valence-electron chi connectivity index (χ4n) is 2.47. The number of carbonyl (C=O) groups excluding carboxylic acids is 1. The summed E-state index contributed by atoms with van der Waals surface area (Å²) in [6, 6.07) is 3.18. The number of benzene rings is 1. The Morgan fingerprint density at radius 1 is 1.17 bits per heavy atom. The minimum absolute atomic E-state index is 0.00112. The molecule has 7 nitrogen and oxygen atoms in total. The molecule has 0 bridgehead atoms. The molecule has 1 aliphatic heterocycles. The van der Waals surface area contributed by atoms with Crippen molar-refractivity contribution < 1.29 is 29.3 Å². The number of rotatable bonds is 4. The maximum atomic E-state index is 12.6. The van der Waals surface area contributed by atoms with Crippen LogP contribution in [0.1, 0.15) is 23.2 Å². The first-order chi connectivity index (χ1) is 10.8. The number of aliphatic carboxylic acids is 1. The van der Waals surface area contributed by atoms with E-state index in [1.807, 2.05) is 0 Å². The Hall–Kier alpha value is -1.80. The van der Waals surface area contributed by atoms with E-state index < -0.39 is 11.6 Å². The maximum Gasteiger partial charge on any atom is 0.335 e. The normalized spacial score (nSPS) is 16.8. The molecule has 1 aromatic rings. The molecule has 0 spiro atoms. The number of nitrogens with zero attached hydrogens (tertiary/aromatic N) is 1. The van der Waals surface area contributed by atoms with Gasteiger partial charge < -0.3 is 24.6 Å². The fraction of sp³-hybridized carbons (Fsp3) is 0.467. The van der Waals surface area contributed by atoms with Gasteiger partial charge in [0.15, 0.2) is 5.60 Å². The number of aliphatic hydroxyl groups is 1. The van der Waals surface area contributed by atoms with Crippen molar-refractivity contribution in [3.05, 3.63) is 22.2 Å². The second-order valence-electron chi connectivity index (χ2n) is 5.32. The second kappa shape index (κ2) is 6.76. The molecule has 1 fully saturated rings. The van der Waals surface area contributed by atoms with Crippen molar-refractivity contribution in [2.24, 2.45) is 0 Å². The van der Waals surface area contributed by atoms with Crippen LogP contribution in [0.3, 0.4) is 0 Å². The predicted molar refractivity (Wildman–Crippen MR) is 85.0 cm³/mol. The average Bonchev–Trinajstić information content (AvgIpc) is 2.55. The zero-order valence-electron chi connectivity index (χ0n) is 12.8. The largest absolute Gasteiger partial charge is 0.495 e. The zero-order valence-corrected chi connectivity index (χ0v) is 14.4. The monoisotopic (exact) mass is 387 g/mol. The van der Waals surface area contributed by atoms with Crippen molar-refractivity contribution in [3.63, 3.8) is 0 Å². The van der Waals surface area contributed by atoms with E-state index >= 15 is 0 Å². The molecule has 0 atom stereocenters. The van der Waals surface area contributed by atoms with Crippen molar-refractivity contribution >= 4 is 27.8 Å². The van der Waals surface area contributed by atoms with Crippen molar-refractivity contribution in [2.75, 3.05) is 27.3 Å². The number of carboxylic acids is 1. The van der Waals surface area contributed by atoms with Gasteiger partial charge in [-0.3, -0.25) is 4.79 Å². The van der Waals surface area contributed by atoms with Gasteiger partial charge in [-0.15, -0.1) is 0 Å². The highest BCUT2D eigenvalue weighted by atomic mass is 79.9. The van der Waals surface area contributed by atoms with Gasteiger partial charge in [0.25, 0.3) is 5.91 Å². The summed E-state index contributed by atoms with van der Waals surface area (Å²) in [5, 5.41) is 19.0. The molecule has 1 aliphatic rings. The van der Waals surface area contributed by atoms with Crippen molar-refractivity contribution in [2.45, 2.75) is 18.4 Å². The minimum Gasteiger partial charge on any atom is -0.495 e. The highest BCUT2D eigenvalue weighted by molar-refractivity contribution is 9.10. The molecule has 23 heavy (non-hydrogen) atoms. The molecular weight excluding hydrogens is 370 g/mol. The lowest BCUT2D eigenvalue weighted by Crippen LogP contribution is -2.50. The van der Waals surface area contributed by atoms with Crippen molar-refractivity contribution in [1.29, 1.82) is 0 Å². The summed E-state index contributed by atoms with van der Waals surface area (Å²) in [7, 11) is 2.98. The molecule has 8 heteroatoms. The Morgan fingerprint density at radius 3 is 2.04 bits per heavy atom. The second-order valence-corrected chi connectivity index (χ2v) is 6.12. The first kappa shape index (κ1) is 17.6. The highest BCUT2D eigenvalue weighted by Gasteiger charge is 2.40. The van der Waals surface area contributed by atoms with Gasteiger partial charge in [-0.05, 0) is 28.1 Å². The summed E-state index contributed by atoms with van der Waals surface area (Å²) in [5.41, 5.74) is -1.38. The SMILES string of the molecule is COc1cc(C(=O)N2CCC(O)(C(=O)O)CC2)cc(OC)c1Br. The first-order valence-corrected chi connectivity index (χ1v) is 7.78. The number of carbonyl (C=O) groups is 2. The Balaban J connectivity index is 2.20. The standard InChI is InChI=1S/C15H18BrNO6/c1-22-10-7-9(8-11(23-2)12(10)16)13(18)17-5-3-15(21,4-6-17)14(19)20/h7-8,21H,3-6H2,1-2H3,(H,19,20). The third-order valence-electron chi connectivity index (χ3n) is 3.97. The number of ether oxygens (including phenoxy) is 2. The summed E-state index contributed by atoms with van der Waals surface area (Å²) >= 11 is 3.34. The topological polar surface area (TPSA) is 96.3 Å². The molecule has 0 aliphatic carbocycles. The van der Waals surface area contributed by atoms with E-state index in [2.05, 4.69) is 15.9 Å². The van der Waals surface area contributed by atoms with Crippen LogP contribution in [0.4, 0.5) is 0 Å².